The van der Waals surface area contributed by atoms with Gasteiger partial charge in [0.25, 0.3) is 0 Å². The SMILES string of the molecule is CC(C)(C)[N](Cc1ccccc1)[Nd+][N](Cc1ccccc1)C(C)(C)C.[Cl-]. The van der Waals surface area contributed by atoms with Crippen LogP contribution in [0, 0.1) is 37.5 Å². The van der Waals surface area contributed by atoms with E-state index >= 15 is 0 Å². The molecule has 0 radical (unpaired) electrons. The van der Waals surface area contributed by atoms with E-state index in [1.807, 2.05) is 0 Å². The van der Waals surface area contributed by atoms with Crippen molar-refractivity contribution in [1.29, 1.82) is 0 Å². The van der Waals surface area contributed by atoms with Crippen LogP contribution in [-0.2, 0) is 13.1 Å². The number of rotatable bonds is 6. The molecule has 0 saturated heterocycles. The van der Waals surface area contributed by atoms with E-state index in [0.29, 0.717) is 0 Å². The first-order valence-electron chi connectivity index (χ1n) is 9.06. The van der Waals surface area contributed by atoms with Crippen LogP contribution < -0.4 is 12.4 Å². The van der Waals surface area contributed by atoms with Crippen molar-refractivity contribution in [2.75, 3.05) is 0 Å². The number of halogens is 1. The summed E-state index contributed by atoms with van der Waals surface area (Å²) in [6.45, 7) is 16.2. The molecule has 0 bridgehead atoms. The molecule has 0 unspecified atom stereocenters. The fraction of sp³-hybridized carbons (Fsp3) is 0.455. The summed E-state index contributed by atoms with van der Waals surface area (Å²) in [7, 11) is 0. The van der Waals surface area contributed by atoms with Gasteiger partial charge in [-0.2, -0.15) is 0 Å². The van der Waals surface area contributed by atoms with Crippen LogP contribution in [0.25, 0.3) is 0 Å². The molecule has 0 atom stereocenters. The van der Waals surface area contributed by atoms with Crippen LogP contribution in [-0.4, -0.2) is 13.0 Å². The predicted octanol–water partition coefficient (Wildman–Crippen LogP) is 2.51. The summed E-state index contributed by atoms with van der Waals surface area (Å²) in [4.78, 5) is 0. The van der Waals surface area contributed by atoms with Gasteiger partial charge in [-0.05, 0) is 0 Å². The largest absolute Gasteiger partial charge is 1.00 e. The number of benzene rings is 2. The van der Waals surface area contributed by atoms with E-state index in [1.165, 1.54) is 11.1 Å². The third-order valence-corrected chi connectivity index (χ3v) is 11.1. The smallest absolute Gasteiger partial charge is 1.00 e. The number of hydrogen-bond donors (Lipinski definition) is 0. The predicted molar refractivity (Wildman–Crippen MR) is 103 cm³/mol. The molecule has 2 aromatic rings. The molecule has 2 aromatic carbocycles. The zero-order chi connectivity index (χ0) is 18.5. The third kappa shape index (κ3) is 7.94. The van der Waals surface area contributed by atoms with Crippen molar-refractivity contribution in [3.05, 3.63) is 71.8 Å². The van der Waals surface area contributed by atoms with Gasteiger partial charge in [-0.15, -0.1) is 0 Å². The Bertz CT molecular complexity index is 575. The minimum Gasteiger partial charge on any atom is -1.00 e. The molecule has 0 spiro atoms. The van der Waals surface area contributed by atoms with Gasteiger partial charge in [0.1, 0.15) is 0 Å². The standard InChI is InChI=1S/2C11H16N.ClH.Nd/c2*1-11(2,3)12-9-10-7-5-4-6-8-10;;/h2*4-8H,9H2,1-3H3;1H;/q2*-1;;+3/p-1. The van der Waals surface area contributed by atoms with Crippen LogP contribution in [0.2, 0.25) is 0 Å². The molecule has 0 aliphatic rings. The minimum absolute atomic E-state index is 0. The summed E-state index contributed by atoms with van der Waals surface area (Å²) in [6.07, 6.45) is 0. The Hall–Kier alpha value is 0.000649. The van der Waals surface area contributed by atoms with Gasteiger partial charge in [0.05, 0.1) is 0 Å². The second-order valence-corrected chi connectivity index (χ2v) is 12.7. The second-order valence-electron chi connectivity index (χ2n) is 8.59. The molecular weight excluding hydrogens is 472 g/mol. The fourth-order valence-electron chi connectivity index (χ4n) is 2.52. The Morgan fingerprint density at radius 2 is 0.923 bits per heavy atom. The van der Waals surface area contributed by atoms with Gasteiger partial charge in [-0.3, -0.25) is 0 Å². The molecule has 2 nitrogen and oxygen atoms in total. The molecule has 0 heterocycles. The number of hydrogen-bond acceptors (Lipinski definition) is 2. The minimum atomic E-state index is -1.20. The third-order valence-electron chi connectivity index (χ3n) is 4.23. The van der Waals surface area contributed by atoms with Crippen LogP contribution in [0.1, 0.15) is 52.7 Å². The van der Waals surface area contributed by atoms with E-state index < -0.39 is 37.5 Å². The molecule has 141 valence electrons. The average molecular weight is 504 g/mol. The van der Waals surface area contributed by atoms with E-state index in [-0.39, 0.29) is 23.5 Å². The van der Waals surface area contributed by atoms with E-state index in [0.717, 1.165) is 13.1 Å². The van der Waals surface area contributed by atoms with Crippen molar-refractivity contribution < 1.29 is 49.9 Å². The zero-order valence-corrected chi connectivity index (χ0v) is 20.9. The van der Waals surface area contributed by atoms with Gasteiger partial charge in [0.15, 0.2) is 0 Å². The second kappa shape index (κ2) is 10.5. The molecule has 0 amide bonds. The molecule has 0 aliphatic heterocycles. The molecule has 0 saturated carbocycles. The van der Waals surface area contributed by atoms with E-state index in [2.05, 4.69) is 104 Å². The summed E-state index contributed by atoms with van der Waals surface area (Å²) >= 11 is -1.20. The monoisotopic (exact) mass is 501 g/mol. The van der Waals surface area contributed by atoms with E-state index in [1.54, 1.807) is 0 Å². The van der Waals surface area contributed by atoms with E-state index in [9.17, 15) is 0 Å². The molecule has 0 aromatic heterocycles. The first-order chi connectivity index (χ1) is 11.7. The van der Waals surface area contributed by atoms with Gasteiger partial charge >= 0.3 is 177 Å². The zero-order valence-electron chi connectivity index (χ0n) is 17.0. The molecule has 0 aliphatic carbocycles. The Labute approximate surface area is 187 Å². The van der Waals surface area contributed by atoms with Gasteiger partial charge in [0, 0.05) is 0 Å². The Morgan fingerprint density at radius 3 is 1.19 bits per heavy atom. The maximum absolute atomic E-state index is 2.76. The average Bonchev–Trinajstić information content (AvgIpc) is 2.53. The summed E-state index contributed by atoms with van der Waals surface area (Å²) in [6, 6.07) is 21.8. The fourth-order valence-corrected chi connectivity index (χ4v) is 7.01. The van der Waals surface area contributed by atoms with Crippen LogP contribution in [0.5, 0.6) is 0 Å². The molecule has 26 heavy (non-hydrogen) atoms. The first kappa shape index (κ1) is 24.0. The molecule has 2 rings (SSSR count). The molecule has 0 N–H and O–H groups in total. The summed E-state index contributed by atoms with van der Waals surface area (Å²) < 4.78 is 5.52. The summed E-state index contributed by atoms with van der Waals surface area (Å²) in [5.41, 5.74) is 3.22. The number of nitrogens with zero attached hydrogens (tertiary/aromatic N) is 2. The maximum Gasteiger partial charge on any atom is -1.00 e. The van der Waals surface area contributed by atoms with Crippen molar-refractivity contribution in [2.45, 2.75) is 65.7 Å². The maximum atomic E-state index is 2.76. The normalized spacial score (nSPS) is 12.0. The first-order valence-corrected chi connectivity index (χ1v) is 11.9. The Kier molecular flexibility index (Phi) is 9.73. The topological polar surface area (TPSA) is 6.48 Å². The quantitative estimate of drug-likeness (QED) is 0.597. The van der Waals surface area contributed by atoms with E-state index in [4.69, 9.17) is 0 Å². The van der Waals surface area contributed by atoms with Crippen molar-refractivity contribution in [3.63, 3.8) is 0 Å². The Balaban J connectivity index is 0.00000338. The van der Waals surface area contributed by atoms with Crippen LogP contribution in [0.4, 0.5) is 0 Å². The van der Waals surface area contributed by atoms with Crippen molar-refractivity contribution in [2.24, 2.45) is 0 Å². The molecule has 0 fully saturated rings. The van der Waals surface area contributed by atoms with Gasteiger partial charge in [-0.25, -0.2) is 0 Å². The Morgan fingerprint density at radius 1 is 0.615 bits per heavy atom. The van der Waals surface area contributed by atoms with Gasteiger partial charge < -0.3 is 12.4 Å². The van der Waals surface area contributed by atoms with Crippen molar-refractivity contribution in [1.82, 2.24) is 1.97 Å². The molecule has 4 heteroatoms. The van der Waals surface area contributed by atoms with Crippen molar-refractivity contribution >= 4 is 0 Å². The summed E-state index contributed by atoms with van der Waals surface area (Å²) in [5, 5.41) is 0. The van der Waals surface area contributed by atoms with Crippen LogP contribution in [0.3, 0.4) is 0 Å². The van der Waals surface area contributed by atoms with Crippen LogP contribution >= 0.6 is 0 Å². The van der Waals surface area contributed by atoms with Crippen molar-refractivity contribution in [3.8, 4) is 0 Å². The van der Waals surface area contributed by atoms with Crippen LogP contribution in [0.15, 0.2) is 60.7 Å². The van der Waals surface area contributed by atoms with Gasteiger partial charge in [0.2, 0.25) is 0 Å². The van der Waals surface area contributed by atoms with Gasteiger partial charge in [-0.1, -0.05) is 0 Å². The molecular formula is C22H32ClN2Nd. The summed E-state index contributed by atoms with van der Waals surface area (Å²) in [5.74, 6) is 0.